The van der Waals surface area contributed by atoms with Crippen LogP contribution in [0.5, 0.6) is 0 Å². The van der Waals surface area contributed by atoms with E-state index in [9.17, 15) is 0 Å². The molecular formula is C17H24N2OS. The van der Waals surface area contributed by atoms with Crippen LogP contribution < -0.4 is 5.32 Å². The highest BCUT2D eigenvalue weighted by molar-refractivity contribution is 7.09. The van der Waals surface area contributed by atoms with Gasteiger partial charge < -0.3 is 10.1 Å². The van der Waals surface area contributed by atoms with Gasteiger partial charge in [0.1, 0.15) is 0 Å². The van der Waals surface area contributed by atoms with E-state index in [0.717, 1.165) is 23.7 Å². The van der Waals surface area contributed by atoms with Crippen LogP contribution in [0.3, 0.4) is 0 Å². The van der Waals surface area contributed by atoms with Crippen LogP contribution in [0.2, 0.25) is 0 Å². The van der Waals surface area contributed by atoms with E-state index >= 15 is 0 Å². The third-order valence-electron chi connectivity index (χ3n) is 3.70. The standard InChI is InChI=1S/C17H24N2OS/c1-5-20-17(2,3)15(18-4)11-16-19-14(12-21-16)13-9-7-6-8-10-13/h6-10,12,15,18H,5,11H2,1-4H3. The minimum Gasteiger partial charge on any atom is -0.374 e. The largest absolute Gasteiger partial charge is 0.374 e. The quantitative estimate of drug-likeness (QED) is 0.846. The Morgan fingerprint density at radius 1 is 1.29 bits per heavy atom. The van der Waals surface area contributed by atoms with Gasteiger partial charge in [-0.1, -0.05) is 30.3 Å². The molecule has 2 rings (SSSR count). The summed E-state index contributed by atoms with van der Waals surface area (Å²) < 4.78 is 5.86. The number of likely N-dealkylation sites (N-methyl/N-ethyl adjacent to an activating group) is 1. The molecule has 1 unspecified atom stereocenters. The molecule has 2 aromatic rings. The highest BCUT2D eigenvalue weighted by Gasteiger charge is 2.29. The van der Waals surface area contributed by atoms with E-state index in [1.54, 1.807) is 11.3 Å². The first kappa shape index (κ1) is 16.1. The lowest BCUT2D eigenvalue weighted by molar-refractivity contribution is -0.0363. The summed E-state index contributed by atoms with van der Waals surface area (Å²) in [5.74, 6) is 0. The molecule has 0 saturated carbocycles. The first-order chi connectivity index (χ1) is 10.1. The summed E-state index contributed by atoms with van der Waals surface area (Å²) in [5, 5.41) is 6.64. The van der Waals surface area contributed by atoms with E-state index in [-0.39, 0.29) is 11.6 Å². The van der Waals surface area contributed by atoms with E-state index in [1.165, 1.54) is 5.56 Å². The summed E-state index contributed by atoms with van der Waals surface area (Å²) >= 11 is 1.72. The minimum absolute atomic E-state index is 0.206. The lowest BCUT2D eigenvalue weighted by atomic mass is 9.96. The fourth-order valence-corrected chi connectivity index (χ4v) is 3.34. The van der Waals surface area contributed by atoms with Gasteiger partial charge in [0, 0.05) is 30.0 Å². The summed E-state index contributed by atoms with van der Waals surface area (Å²) in [6.07, 6.45) is 0.876. The Morgan fingerprint density at radius 3 is 2.62 bits per heavy atom. The molecule has 0 amide bonds. The fourth-order valence-electron chi connectivity index (χ4n) is 2.49. The van der Waals surface area contributed by atoms with Crippen molar-refractivity contribution >= 4 is 11.3 Å². The Bertz CT molecular complexity index is 551. The first-order valence-corrected chi connectivity index (χ1v) is 8.26. The average molecular weight is 304 g/mol. The molecule has 0 saturated heterocycles. The molecule has 0 aliphatic carbocycles. The molecule has 0 radical (unpaired) electrons. The summed E-state index contributed by atoms with van der Waals surface area (Å²) in [6.45, 7) is 7.01. The average Bonchev–Trinajstić information content (AvgIpc) is 2.94. The van der Waals surface area contributed by atoms with Crippen LogP contribution in [0.25, 0.3) is 11.3 Å². The molecular weight excluding hydrogens is 280 g/mol. The number of ether oxygens (including phenoxy) is 1. The van der Waals surface area contributed by atoms with Gasteiger partial charge in [0.25, 0.3) is 0 Å². The fraction of sp³-hybridized carbons (Fsp3) is 0.471. The third kappa shape index (κ3) is 4.13. The molecule has 0 bridgehead atoms. The monoisotopic (exact) mass is 304 g/mol. The Balaban J connectivity index is 2.11. The Hall–Kier alpha value is -1.23. The summed E-state index contributed by atoms with van der Waals surface area (Å²) in [7, 11) is 1.98. The number of benzene rings is 1. The molecule has 114 valence electrons. The number of nitrogens with zero attached hydrogens (tertiary/aromatic N) is 1. The molecule has 1 aromatic carbocycles. The van der Waals surface area contributed by atoms with E-state index < -0.39 is 0 Å². The van der Waals surface area contributed by atoms with Gasteiger partial charge in [0.15, 0.2) is 0 Å². The first-order valence-electron chi connectivity index (χ1n) is 7.38. The van der Waals surface area contributed by atoms with Crippen molar-refractivity contribution < 1.29 is 4.74 Å². The minimum atomic E-state index is -0.206. The molecule has 0 aliphatic rings. The summed E-state index contributed by atoms with van der Waals surface area (Å²) in [5.41, 5.74) is 2.02. The molecule has 1 aromatic heterocycles. The number of hydrogen-bond donors (Lipinski definition) is 1. The lowest BCUT2D eigenvalue weighted by Gasteiger charge is -2.33. The Morgan fingerprint density at radius 2 is 2.00 bits per heavy atom. The van der Waals surface area contributed by atoms with Crippen LogP contribution in [-0.2, 0) is 11.2 Å². The maximum absolute atomic E-state index is 5.86. The molecule has 21 heavy (non-hydrogen) atoms. The van der Waals surface area contributed by atoms with Gasteiger partial charge in [-0.15, -0.1) is 11.3 Å². The molecule has 0 aliphatic heterocycles. The zero-order chi connectivity index (χ0) is 15.3. The zero-order valence-electron chi connectivity index (χ0n) is 13.2. The highest BCUT2D eigenvalue weighted by Crippen LogP contribution is 2.25. The highest BCUT2D eigenvalue weighted by atomic mass is 32.1. The van der Waals surface area contributed by atoms with Gasteiger partial charge in [-0.3, -0.25) is 0 Å². The van der Waals surface area contributed by atoms with E-state index in [4.69, 9.17) is 9.72 Å². The number of hydrogen-bond acceptors (Lipinski definition) is 4. The second-order valence-electron chi connectivity index (χ2n) is 5.57. The smallest absolute Gasteiger partial charge is 0.0949 e. The van der Waals surface area contributed by atoms with E-state index in [1.807, 2.05) is 32.2 Å². The number of nitrogens with one attached hydrogen (secondary N) is 1. The SMILES string of the molecule is CCOC(C)(C)C(Cc1nc(-c2ccccc2)cs1)NC. The number of aromatic nitrogens is 1. The maximum Gasteiger partial charge on any atom is 0.0949 e. The van der Waals surface area contributed by atoms with Crippen molar-refractivity contribution in [3.05, 3.63) is 40.7 Å². The van der Waals surface area contributed by atoms with Crippen molar-refractivity contribution in [2.24, 2.45) is 0 Å². The topological polar surface area (TPSA) is 34.1 Å². The molecule has 0 spiro atoms. The van der Waals surface area contributed by atoms with Crippen molar-refractivity contribution in [1.29, 1.82) is 0 Å². The van der Waals surface area contributed by atoms with Crippen molar-refractivity contribution in [2.45, 2.75) is 38.8 Å². The van der Waals surface area contributed by atoms with Gasteiger partial charge in [-0.25, -0.2) is 4.98 Å². The van der Waals surface area contributed by atoms with E-state index in [2.05, 4.69) is 36.7 Å². The Labute approximate surface area is 131 Å². The lowest BCUT2D eigenvalue weighted by Crippen LogP contribution is -2.48. The van der Waals surface area contributed by atoms with Crippen molar-refractivity contribution in [3.63, 3.8) is 0 Å². The normalized spacial score (nSPS) is 13.3. The molecule has 3 nitrogen and oxygen atoms in total. The second-order valence-corrected chi connectivity index (χ2v) is 6.52. The van der Waals surface area contributed by atoms with Crippen molar-refractivity contribution in [2.75, 3.05) is 13.7 Å². The van der Waals surface area contributed by atoms with Crippen LogP contribution in [0, 0.1) is 0 Å². The van der Waals surface area contributed by atoms with Gasteiger partial charge in [-0.2, -0.15) is 0 Å². The van der Waals surface area contributed by atoms with E-state index in [0.29, 0.717) is 0 Å². The Kier molecular flexibility index (Phi) is 5.51. The summed E-state index contributed by atoms with van der Waals surface area (Å²) in [4.78, 5) is 4.76. The second kappa shape index (κ2) is 7.16. The van der Waals surface area contributed by atoms with Crippen LogP contribution in [-0.4, -0.2) is 30.3 Å². The molecule has 4 heteroatoms. The predicted molar refractivity (Wildman–Crippen MR) is 89.8 cm³/mol. The molecule has 0 fully saturated rings. The number of rotatable bonds is 7. The molecule has 1 heterocycles. The van der Waals surface area contributed by atoms with Crippen LogP contribution >= 0.6 is 11.3 Å². The van der Waals surface area contributed by atoms with Gasteiger partial charge >= 0.3 is 0 Å². The van der Waals surface area contributed by atoms with Gasteiger partial charge in [0.05, 0.1) is 16.3 Å². The van der Waals surface area contributed by atoms with Crippen LogP contribution in [0.4, 0.5) is 0 Å². The van der Waals surface area contributed by atoms with Gasteiger partial charge in [-0.05, 0) is 27.8 Å². The van der Waals surface area contributed by atoms with Gasteiger partial charge in [0.2, 0.25) is 0 Å². The maximum atomic E-state index is 5.86. The van der Waals surface area contributed by atoms with Crippen molar-refractivity contribution in [3.8, 4) is 11.3 Å². The molecule has 1 atom stereocenters. The number of thiazole rings is 1. The zero-order valence-corrected chi connectivity index (χ0v) is 14.0. The summed E-state index contributed by atoms with van der Waals surface area (Å²) in [6, 6.07) is 10.5. The van der Waals surface area contributed by atoms with Crippen LogP contribution in [0.15, 0.2) is 35.7 Å². The van der Waals surface area contributed by atoms with Crippen LogP contribution in [0.1, 0.15) is 25.8 Å². The third-order valence-corrected chi connectivity index (χ3v) is 4.58. The molecule has 1 N–H and O–H groups in total. The predicted octanol–water partition coefficient (Wildman–Crippen LogP) is 3.76. The van der Waals surface area contributed by atoms with Crippen molar-refractivity contribution in [1.82, 2.24) is 10.3 Å².